The van der Waals surface area contributed by atoms with E-state index in [4.69, 9.17) is 0 Å². The Morgan fingerprint density at radius 2 is 1.91 bits per heavy atom. The molecule has 1 N–H and O–H groups in total. The highest BCUT2D eigenvalue weighted by Gasteiger charge is 2.07. The fourth-order valence-electron chi connectivity index (χ4n) is 2.24. The van der Waals surface area contributed by atoms with Crippen LogP contribution in [0.4, 0.5) is 0 Å². The van der Waals surface area contributed by atoms with Gasteiger partial charge in [0, 0.05) is 5.56 Å². The normalized spacial score (nSPS) is 11.1. The third kappa shape index (κ3) is 2.86. The second-order valence-corrected chi connectivity index (χ2v) is 4.99. The molecule has 0 unspecified atom stereocenters. The van der Waals surface area contributed by atoms with Crippen molar-refractivity contribution < 1.29 is 4.79 Å². The number of H-pyrrole nitrogens is 1. The van der Waals surface area contributed by atoms with E-state index < -0.39 is 0 Å². The second-order valence-electron chi connectivity index (χ2n) is 4.99. The number of carbonyl (C=O) groups excluding carboxylic acids is 1. The van der Waals surface area contributed by atoms with Gasteiger partial charge in [-0.2, -0.15) is 0 Å². The Kier molecular flexibility index (Phi) is 3.66. The summed E-state index contributed by atoms with van der Waals surface area (Å²) in [5.74, 6) is 0.409. The molecule has 0 aliphatic heterocycles. The van der Waals surface area contributed by atoms with Crippen LogP contribution in [0.3, 0.4) is 0 Å². The number of aromatic nitrogens is 2. The smallest absolute Gasteiger partial charge is 0.258 e. The summed E-state index contributed by atoms with van der Waals surface area (Å²) in [4.78, 5) is 31.0. The molecule has 0 spiro atoms. The maximum atomic E-state index is 12.2. The van der Waals surface area contributed by atoms with E-state index in [9.17, 15) is 9.59 Å². The molecule has 0 saturated carbocycles. The van der Waals surface area contributed by atoms with Gasteiger partial charge in [-0.3, -0.25) is 9.59 Å². The number of rotatable bonds is 3. The Morgan fingerprint density at radius 1 is 1.14 bits per heavy atom. The predicted molar refractivity (Wildman–Crippen MR) is 86.9 cm³/mol. The molecule has 0 aliphatic carbocycles. The van der Waals surface area contributed by atoms with Gasteiger partial charge in [0.15, 0.2) is 5.78 Å². The zero-order valence-corrected chi connectivity index (χ0v) is 12.0. The molecule has 0 bridgehead atoms. The van der Waals surface area contributed by atoms with Crippen molar-refractivity contribution >= 4 is 22.8 Å². The number of hydrogen-bond acceptors (Lipinski definition) is 3. The summed E-state index contributed by atoms with van der Waals surface area (Å²) in [7, 11) is 0. The zero-order chi connectivity index (χ0) is 15.5. The van der Waals surface area contributed by atoms with Crippen molar-refractivity contribution in [2.24, 2.45) is 0 Å². The van der Waals surface area contributed by atoms with E-state index in [1.807, 2.05) is 30.3 Å². The summed E-state index contributed by atoms with van der Waals surface area (Å²) in [5, 5.41) is 0.421. The van der Waals surface area contributed by atoms with E-state index in [2.05, 4.69) is 9.97 Å². The maximum absolute atomic E-state index is 12.2. The highest BCUT2D eigenvalue weighted by Crippen LogP contribution is 2.12. The number of nitrogens with zero attached hydrogens (tertiary/aromatic N) is 1. The first kappa shape index (κ1) is 13.9. The third-order valence-corrected chi connectivity index (χ3v) is 3.34. The van der Waals surface area contributed by atoms with Crippen LogP contribution < -0.4 is 5.56 Å². The van der Waals surface area contributed by atoms with Gasteiger partial charge in [-0.15, -0.1) is 0 Å². The quantitative estimate of drug-likeness (QED) is 0.595. The minimum atomic E-state index is -0.232. The lowest BCUT2D eigenvalue weighted by Crippen LogP contribution is -2.10. The van der Waals surface area contributed by atoms with E-state index in [0.717, 1.165) is 5.56 Å². The van der Waals surface area contributed by atoms with Gasteiger partial charge in [-0.25, -0.2) is 4.98 Å². The SMILES string of the molecule is Cc1nc2ccc(C(=O)C=Cc3ccccc3)cc2c(=O)[nH]1. The van der Waals surface area contributed by atoms with Crippen molar-refractivity contribution in [3.8, 4) is 0 Å². The van der Waals surface area contributed by atoms with E-state index in [-0.39, 0.29) is 11.3 Å². The van der Waals surface area contributed by atoms with Crippen LogP contribution in [-0.4, -0.2) is 15.8 Å². The fraction of sp³-hybridized carbons (Fsp3) is 0.0556. The van der Waals surface area contributed by atoms with Crippen molar-refractivity contribution in [2.75, 3.05) is 0 Å². The lowest BCUT2D eigenvalue weighted by molar-refractivity contribution is 0.104. The molecule has 22 heavy (non-hydrogen) atoms. The molecule has 4 heteroatoms. The summed E-state index contributed by atoms with van der Waals surface area (Å²) < 4.78 is 0. The van der Waals surface area contributed by atoms with E-state index in [1.165, 1.54) is 6.08 Å². The van der Waals surface area contributed by atoms with Crippen LogP contribution in [0.1, 0.15) is 21.7 Å². The van der Waals surface area contributed by atoms with Crippen molar-refractivity contribution in [3.63, 3.8) is 0 Å². The maximum Gasteiger partial charge on any atom is 0.258 e. The number of nitrogens with one attached hydrogen (secondary N) is 1. The second kappa shape index (κ2) is 5.77. The Morgan fingerprint density at radius 3 is 2.68 bits per heavy atom. The molecule has 108 valence electrons. The molecule has 1 heterocycles. The largest absolute Gasteiger partial charge is 0.310 e. The van der Waals surface area contributed by atoms with Gasteiger partial charge in [0.1, 0.15) is 5.82 Å². The van der Waals surface area contributed by atoms with Crippen LogP contribution in [0.5, 0.6) is 0 Å². The van der Waals surface area contributed by atoms with Gasteiger partial charge < -0.3 is 4.98 Å². The van der Waals surface area contributed by atoms with Gasteiger partial charge in [0.2, 0.25) is 0 Å². The van der Waals surface area contributed by atoms with E-state index in [0.29, 0.717) is 22.3 Å². The number of aryl methyl sites for hydroxylation is 1. The van der Waals surface area contributed by atoms with Crippen molar-refractivity contribution in [1.29, 1.82) is 0 Å². The number of fused-ring (bicyclic) bond motifs is 1. The standard InChI is InChI=1S/C18H14N2O2/c1-12-19-16-9-8-14(11-15(16)18(22)20-12)17(21)10-7-13-5-3-2-4-6-13/h2-11H,1H3,(H,19,20,22). The van der Waals surface area contributed by atoms with Gasteiger partial charge in [-0.1, -0.05) is 36.4 Å². The Labute approximate surface area is 127 Å². The first-order chi connectivity index (χ1) is 10.6. The molecular formula is C18H14N2O2. The minimum Gasteiger partial charge on any atom is -0.310 e. The summed E-state index contributed by atoms with van der Waals surface area (Å²) in [6.45, 7) is 1.72. The molecule has 0 amide bonds. The molecule has 3 aromatic rings. The monoisotopic (exact) mass is 290 g/mol. The van der Waals surface area contributed by atoms with Gasteiger partial charge >= 0.3 is 0 Å². The first-order valence-electron chi connectivity index (χ1n) is 6.91. The fourth-order valence-corrected chi connectivity index (χ4v) is 2.24. The highest BCUT2D eigenvalue weighted by molar-refractivity contribution is 6.08. The number of ketones is 1. The summed E-state index contributed by atoms with van der Waals surface area (Å²) in [6, 6.07) is 14.5. The highest BCUT2D eigenvalue weighted by atomic mass is 16.1. The summed E-state index contributed by atoms with van der Waals surface area (Å²) in [5.41, 5.74) is 1.77. The van der Waals surface area contributed by atoms with Gasteiger partial charge in [-0.05, 0) is 36.8 Å². The predicted octanol–water partition coefficient (Wildman–Crippen LogP) is 3.13. The average Bonchev–Trinajstić information content (AvgIpc) is 2.53. The number of hydrogen-bond donors (Lipinski definition) is 1. The van der Waals surface area contributed by atoms with Gasteiger partial charge in [0.05, 0.1) is 10.9 Å². The topological polar surface area (TPSA) is 62.8 Å². The van der Waals surface area contributed by atoms with Crippen molar-refractivity contribution in [1.82, 2.24) is 9.97 Å². The molecule has 0 atom stereocenters. The Balaban J connectivity index is 1.95. The molecule has 2 aromatic carbocycles. The molecule has 1 aromatic heterocycles. The number of carbonyl (C=O) groups is 1. The Bertz CT molecular complexity index is 925. The van der Waals surface area contributed by atoms with Crippen molar-refractivity contribution in [3.05, 3.63) is 81.9 Å². The molecule has 0 saturated heterocycles. The van der Waals surface area contributed by atoms with Gasteiger partial charge in [0.25, 0.3) is 5.56 Å². The van der Waals surface area contributed by atoms with Crippen LogP contribution in [0.2, 0.25) is 0 Å². The number of aromatic amines is 1. The van der Waals surface area contributed by atoms with Crippen LogP contribution >= 0.6 is 0 Å². The van der Waals surface area contributed by atoms with Crippen LogP contribution in [0.25, 0.3) is 17.0 Å². The average molecular weight is 290 g/mol. The third-order valence-electron chi connectivity index (χ3n) is 3.34. The number of allylic oxidation sites excluding steroid dienone is 1. The van der Waals surface area contributed by atoms with Crippen LogP contribution in [0.15, 0.2) is 59.4 Å². The molecule has 3 rings (SSSR count). The van der Waals surface area contributed by atoms with Crippen LogP contribution in [0, 0.1) is 6.92 Å². The number of benzene rings is 2. The van der Waals surface area contributed by atoms with E-state index >= 15 is 0 Å². The molecule has 0 radical (unpaired) electrons. The van der Waals surface area contributed by atoms with E-state index in [1.54, 1.807) is 31.2 Å². The summed E-state index contributed by atoms with van der Waals surface area (Å²) >= 11 is 0. The Hall–Kier alpha value is -3.01. The lowest BCUT2D eigenvalue weighted by atomic mass is 10.1. The van der Waals surface area contributed by atoms with Crippen molar-refractivity contribution in [2.45, 2.75) is 6.92 Å². The zero-order valence-electron chi connectivity index (χ0n) is 12.0. The first-order valence-corrected chi connectivity index (χ1v) is 6.91. The van der Waals surface area contributed by atoms with Crippen LogP contribution in [-0.2, 0) is 0 Å². The minimum absolute atomic E-state index is 0.147. The lowest BCUT2D eigenvalue weighted by Gasteiger charge is -2.01. The molecule has 0 aliphatic rings. The summed E-state index contributed by atoms with van der Waals surface area (Å²) in [6.07, 6.45) is 3.26. The molecule has 4 nitrogen and oxygen atoms in total. The molecular weight excluding hydrogens is 276 g/mol. The molecule has 0 fully saturated rings.